The summed E-state index contributed by atoms with van der Waals surface area (Å²) in [6, 6.07) is 6.10. The smallest absolute Gasteiger partial charge is 0.175 e. The van der Waals surface area contributed by atoms with Gasteiger partial charge in [0.25, 0.3) is 0 Å². The molecule has 0 amide bonds. The molecule has 0 unspecified atom stereocenters. The van der Waals surface area contributed by atoms with Gasteiger partial charge in [0.2, 0.25) is 0 Å². The minimum Gasteiger partial charge on any atom is -0.496 e. The summed E-state index contributed by atoms with van der Waals surface area (Å²) >= 11 is 0. The summed E-state index contributed by atoms with van der Waals surface area (Å²) in [7, 11) is 1.65. The molecule has 96 valence electrons. The highest BCUT2D eigenvalue weighted by Gasteiger charge is 2.17. The van der Waals surface area contributed by atoms with E-state index < -0.39 is 0 Å². The number of aryl methyl sites for hydroxylation is 1. The van der Waals surface area contributed by atoms with E-state index >= 15 is 0 Å². The number of hydrogen-bond acceptors (Lipinski definition) is 4. The van der Waals surface area contributed by atoms with E-state index in [4.69, 9.17) is 15.0 Å². The molecule has 18 heavy (non-hydrogen) atoms. The third kappa shape index (κ3) is 2.06. The second-order valence-corrected chi connectivity index (χ2v) is 4.61. The molecule has 2 N–H and O–H groups in total. The predicted molar refractivity (Wildman–Crippen MR) is 71.7 cm³/mol. The largest absolute Gasteiger partial charge is 0.496 e. The highest BCUT2D eigenvalue weighted by atomic mass is 16.5. The standard InChI is InChI=1S/C14H18N2O2/c1-8(2)10-5-6-12(17-4)11(7-10)13-9(3)18-16-14(13)15/h5-8H,1-4H3,(H2,15,16). The summed E-state index contributed by atoms with van der Waals surface area (Å²) in [5.41, 5.74) is 8.84. The Bertz CT molecular complexity index is 539. The van der Waals surface area contributed by atoms with Crippen molar-refractivity contribution in [3.8, 4) is 16.9 Å². The Morgan fingerprint density at radius 2 is 2.06 bits per heavy atom. The number of aromatic nitrogens is 1. The molecule has 1 aromatic heterocycles. The fourth-order valence-electron chi connectivity index (χ4n) is 2.00. The number of hydrogen-bond donors (Lipinski definition) is 1. The Hall–Kier alpha value is -1.97. The lowest BCUT2D eigenvalue weighted by Gasteiger charge is -2.12. The second-order valence-electron chi connectivity index (χ2n) is 4.61. The van der Waals surface area contributed by atoms with E-state index in [1.165, 1.54) is 5.56 Å². The first-order valence-electron chi connectivity index (χ1n) is 5.94. The molecular weight excluding hydrogens is 228 g/mol. The van der Waals surface area contributed by atoms with Gasteiger partial charge in [0.1, 0.15) is 11.5 Å². The van der Waals surface area contributed by atoms with Gasteiger partial charge in [-0.05, 0) is 30.5 Å². The van der Waals surface area contributed by atoms with Gasteiger partial charge < -0.3 is 15.0 Å². The van der Waals surface area contributed by atoms with E-state index in [1.807, 2.05) is 13.0 Å². The molecule has 0 aliphatic carbocycles. The topological polar surface area (TPSA) is 61.3 Å². The average Bonchev–Trinajstić information content (AvgIpc) is 2.68. The molecule has 0 bridgehead atoms. The van der Waals surface area contributed by atoms with Gasteiger partial charge in [0, 0.05) is 5.56 Å². The third-order valence-corrected chi connectivity index (χ3v) is 3.05. The second kappa shape index (κ2) is 4.72. The SMILES string of the molecule is COc1ccc(C(C)C)cc1-c1c(N)noc1C. The van der Waals surface area contributed by atoms with Crippen LogP contribution in [-0.2, 0) is 0 Å². The molecule has 0 fully saturated rings. The van der Waals surface area contributed by atoms with Gasteiger partial charge in [-0.25, -0.2) is 0 Å². The van der Waals surface area contributed by atoms with Gasteiger partial charge >= 0.3 is 0 Å². The van der Waals surface area contributed by atoms with Crippen molar-refractivity contribution in [2.24, 2.45) is 0 Å². The van der Waals surface area contributed by atoms with Crippen molar-refractivity contribution in [3.05, 3.63) is 29.5 Å². The van der Waals surface area contributed by atoms with Crippen molar-refractivity contribution < 1.29 is 9.26 Å². The first kappa shape index (κ1) is 12.5. The molecule has 0 saturated carbocycles. The van der Waals surface area contributed by atoms with Crippen molar-refractivity contribution >= 4 is 5.82 Å². The van der Waals surface area contributed by atoms with Crippen LogP contribution in [0.25, 0.3) is 11.1 Å². The molecule has 0 aliphatic heterocycles. The number of ether oxygens (including phenoxy) is 1. The summed E-state index contributed by atoms with van der Waals surface area (Å²) in [5.74, 6) is 2.31. The maximum Gasteiger partial charge on any atom is 0.175 e. The highest BCUT2D eigenvalue weighted by molar-refractivity contribution is 5.80. The maximum atomic E-state index is 5.86. The Morgan fingerprint density at radius 3 is 2.56 bits per heavy atom. The van der Waals surface area contributed by atoms with Crippen LogP contribution in [-0.4, -0.2) is 12.3 Å². The molecule has 4 heteroatoms. The van der Waals surface area contributed by atoms with E-state index in [0.717, 1.165) is 16.9 Å². The molecule has 2 aromatic rings. The molecular formula is C14H18N2O2. The minimum atomic E-state index is 0.395. The number of nitrogens with zero attached hydrogens (tertiary/aromatic N) is 1. The van der Waals surface area contributed by atoms with Gasteiger partial charge in [-0.2, -0.15) is 0 Å². The predicted octanol–water partition coefficient (Wildman–Crippen LogP) is 3.36. The van der Waals surface area contributed by atoms with Crippen molar-refractivity contribution in [2.45, 2.75) is 26.7 Å². The van der Waals surface area contributed by atoms with Gasteiger partial charge in [-0.3, -0.25) is 0 Å². The molecule has 0 aliphatic rings. The summed E-state index contributed by atoms with van der Waals surface area (Å²) in [6.45, 7) is 6.14. The Kier molecular flexibility index (Phi) is 3.28. The quantitative estimate of drug-likeness (QED) is 0.902. The summed E-state index contributed by atoms with van der Waals surface area (Å²) in [5, 5.41) is 3.79. The van der Waals surface area contributed by atoms with Gasteiger partial charge in [0.05, 0.1) is 12.7 Å². The summed E-state index contributed by atoms with van der Waals surface area (Å²) in [4.78, 5) is 0. The van der Waals surface area contributed by atoms with Crippen LogP contribution in [0.4, 0.5) is 5.82 Å². The van der Waals surface area contributed by atoms with Crippen molar-refractivity contribution in [2.75, 3.05) is 12.8 Å². The van der Waals surface area contributed by atoms with E-state index in [0.29, 0.717) is 17.5 Å². The first-order valence-corrected chi connectivity index (χ1v) is 5.94. The number of anilines is 1. The summed E-state index contributed by atoms with van der Waals surface area (Å²) < 4.78 is 10.5. The van der Waals surface area contributed by atoms with E-state index in [9.17, 15) is 0 Å². The molecule has 0 spiro atoms. The molecule has 0 radical (unpaired) electrons. The van der Waals surface area contributed by atoms with Gasteiger partial charge in [-0.1, -0.05) is 25.1 Å². The van der Waals surface area contributed by atoms with Crippen molar-refractivity contribution in [3.63, 3.8) is 0 Å². The van der Waals surface area contributed by atoms with Crippen molar-refractivity contribution in [1.29, 1.82) is 0 Å². The molecule has 0 atom stereocenters. The lowest BCUT2D eigenvalue weighted by Crippen LogP contribution is -1.95. The Labute approximate surface area is 107 Å². The van der Waals surface area contributed by atoms with E-state index in [2.05, 4.69) is 31.1 Å². The van der Waals surface area contributed by atoms with Crippen LogP contribution in [0.1, 0.15) is 31.1 Å². The van der Waals surface area contributed by atoms with Crippen LogP contribution in [0.15, 0.2) is 22.7 Å². The number of methoxy groups -OCH3 is 1. The fourth-order valence-corrected chi connectivity index (χ4v) is 2.00. The van der Waals surface area contributed by atoms with E-state index in [1.54, 1.807) is 7.11 Å². The lowest BCUT2D eigenvalue weighted by atomic mass is 9.96. The van der Waals surface area contributed by atoms with Crippen LogP contribution in [0.3, 0.4) is 0 Å². The zero-order valence-corrected chi connectivity index (χ0v) is 11.2. The normalized spacial score (nSPS) is 10.9. The first-order chi connectivity index (χ1) is 8.54. The summed E-state index contributed by atoms with van der Waals surface area (Å²) in [6.07, 6.45) is 0. The molecule has 1 aromatic carbocycles. The maximum absolute atomic E-state index is 5.86. The third-order valence-electron chi connectivity index (χ3n) is 3.05. The van der Waals surface area contributed by atoms with Gasteiger partial charge in [-0.15, -0.1) is 0 Å². The molecule has 1 heterocycles. The van der Waals surface area contributed by atoms with E-state index in [-0.39, 0.29) is 0 Å². The van der Waals surface area contributed by atoms with Crippen LogP contribution in [0.5, 0.6) is 5.75 Å². The zero-order chi connectivity index (χ0) is 13.3. The fraction of sp³-hybridized carbons (Fsp3) is 0.357. The monoisotopic (exact) mass is 246 g/mol. The van der Waals surface area contributed by atoms with Crippen LogP contribution in [0.2, 0.25) is 0 Å². The van der Waals surface area contributed by atoms with Crippen LogP contribution >= 0.6 is 0 Å². The van der Waals surface area contributed by atoms with Gasteiger partial charge in [0.15, 0.2) is 5.82 Å². The van der Waals surface area contributed by atoms with Crippen molar-refractivity contribution in [1.82, 2.24) is 5.16 Å². The minimum absolute atomic E-state index is 0.395. The lowest BCUT2D eigenvalue weighted by molar-refractivity contribution is 0.400. The highest BCUT2D eigenvalue weighted by Crippen LogP contribution is 2.37. The molecule has 0 saturated heterocycles. The van der Waals surface area contributed by atoms with Crippen LogP contribution < -0.4 is 10.5 Å². The number of nitrogens with two attached hydrogens (primary N) is 1. The number of rotatable bonds is 3. The zero-order valence-electron chi connectivity index (χ0n) is 11.2. The molecule has 4 nitrogen and oxygen atoms in total. The average molecular weight is 246 g/mol. The number of benzene rings is 1. The Balaban J connectivity index is 2.64. The Morgan fingerprint density at radius 1 is 1.33 bits per heavy atom. The molecule has 2 rings (SSSR count). The van der Waals surface area contributed by atoms with Crippen LogP contribution in [0, 0.1) is 6.92 Å². The number of nitrogen functional groups attached to an aromatic ring is 1.